The maximum Gasteiger partial charge on any atom is 0.328 e. The van der Waals surface area contributed by atoms with E-state index in [2.05, 4.69) is 51.5 Å². The Morgan fingerprint density at radius 1 is 1.00 bits per heavy atom. The normalized spacial score (nSPS) is 19.0. The summed E-state index contributed by atoms with van der Waals surface area (Å²) >= 11 is 0. The summed E-state index contributed by atoms with van der Waals surface area (Å²) in [5.74, 6) is 3.62. The Kier molecular flexibility index (Phi) is 12.3. The van der Waals surface area contributed by atoms with E-state index in [0.29, 0.717) is 12.2 Å². The molecule has 0 bridgehead atoms. The molecule has 4 atom stereocenters. The first-order valence-corrected chi connectivity index (χ1v) is 16.2. The van der Waals surface area contributed by atoms with Gasteiger partial charge in [-0.1, -0.05) is 72.6 Å². The molecule has 2 aromatic rings. The van der Waals surface area contributed by atoms with Gasteiger partial charge in [0.2, 0.25) is 0 Å². The van der Waals surface area contributed by atoms with Gasteiger partial charge in [0.05, 0.1) is 6.33 Å². The number of benzene rings is 1. The average Bonchev–Trinajstić information content (AvgIpc) is 3.42. The van der Waals surface area contributed by atoms with E-state index in [4.69, 9.17) is 15.2 Å². The molecule has 41 heavy (non-hydrogen) atoms. The second-order valence-electron chi connectivity index (χ2n) is 13.7. The number of esters is 1. The van der Waals surface area contributed by atoms with Crippen LogP contribution in [-0.4, -0.2) is 27.6 Å². The third-order valence-electron chi connectivity index (χ3n) is 9.34. The van der Waals surface area contributed by atoms with Crippen molar-refractivity contribution < 1.29 is 14.3 Å². The first kappa shape index (κ1) is 33.2. The minimum atomic E-state index is -0.759. The summed E-state index contributed by atoms with van der Waals surface area (Å²) in [5, 5.41) is 0. The summed E-state index contributed by atoms with van der Waals surface area (Å²) in [7, 11) is 0. The van der Waals surface area contributed by atoms with E-state index in [1.165, 1.54) is 51.4 Å². The van der Waals surface area contributed by atoms with E-state index in [-0.39, 0.29) is 5.60 Å². The van der Waals surface area contributed by atoms with Crippen LogP contribution in [0.15, 0.2) is 12.5 Å². The highest BCUT2D eigenvalue weighted by molar-refractivity contribution is 5.79. The van der Waals surface area contributed by atoms with Crippen LogP contribution in [0.1, 0.15) is 127 Å². The molecule has 1 unspecified atom stereocenters. The average molecular weight is 568 g/mol. The van der Waals surface area contributed by atoms with Crippen LogP contribution in [-0.2, 0) is 17.6 Å². The third kappa shape index (κ3) is 9.59. The monoisotopic (exact) mass is 567 g/mol. The van der Waals surface area contributed by atoms with Crippen molar-refractivity contribution in [2.75, 3.05) is 0 Å². The van der Waals surface area contributed by atoms with E-state index in [1.807, 2.05) is 13.8 Å². The van der Waals surface area contributed by atoms with E-state index in [1.54, 1.807) is 12.5 Å². The van der Waals surface area contributed by atoms with Gasteiger partial charge in [-0.15, -0.1) is 0 Å². The second-order valence-corrected chi connectivity index (χ2v) is 13.7. The fraction of sp³-hybridized carbons (Fsp3) is 0.714. The SMILES string of the molecule is Cc1c(C)c2c(c(C)c1OC(=O)C(N)Cc1cnc[nH]1)CC[C@@](C)(CCC[C@H](C)CCC[C@H](C)CCCC(C)C)O2. The number of nitrogens with zero attached hydrogens (tertiary/aromatic N) is 1. The van der Waals surface area contributed by atoms with Crippen LogP contribution >= 0.6 is 0 Å². The summed E-state index contributed by atoms with van der Waals surface area (Å²) in [6, 6.07) is -0.759. The number of nitrogens with two attached hydrogens (primary N) is 1. The third-order valence-corrected chi connectivity index (χ3v) is 9.34. The lowest BCUT2D eigenvalue weighted by Gasteiger charge is -2.38. The van der Waals surface area contributed by atoms with Gasteiger partial charge in [-0.25, -0.2) is 9.78 Å². The number of imidazole rings is 1. The van der Waals surface area contributed by atoms with Crippen LogP contribution in [0.5, 0.6) is 11.5 Å². The van der Waals surface area contributed by atoms with Gasteiger partial charge >= 0.3 is 5.97 Å². The van der Waals surface area contributed by atoms with E-state index < -0.39 is 12.0 Å². The fourth-order valence-electron chi connectivity index (χ4n) is 6.31. The number of aromatic amines is 1. The molecule has 3 rings (SSSR count). The molecule has 2 heterocycles. The summed E-state index contributed by atoms with van der Waals surface area (Å²) in [5.41, 5.74) is 10.9. The van der Waals surface area contributed by atoms with Gasteiger partial charge in [-0.05, 0) is 87.8 Å². The van der Waals surface area contributed by atoms with Crippen molar-refractivity contribution in [1.82, 2.24) is 9.97 Å². The molecular weight excluding hydrogens is 510 g/mol. The number of rotatable bonds is 16. The van der Waals surface area contributed by atoms with Gasteiger partial charge < -0.3 is 20.2 Å². The van der Waals surface area contributed by atoms with Crippen LogP contribution < -0.4 is 15.2 Å². The molecule has 0 spiro atoms. The zero-order valence-corrected chi connectivity index (χ0v) is 27.2. The lowest BCUT2D eigenvalue weighted by Crippen LogP contribution is -2.38. The van der Waals surface area contributed by atoms with Gasteiger partial charge in [0.15, 0.2) is 0 Å². The molecule has 0 amide bonds. The largest absolute Gasteiger partial charge is 0.487 e. The Bertz CT molecular complexity index is 1110. The minimum Gasteiger partial charge on any atom is -0.487 e. The number of aromatic nitrogens is 2. The number of carbonyl (C=O) groups is 1. The number of fused-ring (bicyclic) bond motifs is 1. The molecular formula is C35H57N3O3. The highest BCUT2D eigenvalue weighted by Crippen LogP contribution is 2.45. The molecule has 0 radical (unpaired) electrons. The van der Waals surface area contributed by atoms with Crippen molar-refractivity contribution in [2.24, 2.45) is 23.5 Å². The molecule has 1 aliphatic rings. The Morgan fingerprint density at radius 3 is 2.24 bits per heavy atom. The molecule has 1 aromatic heterocycles. The molecule has 0 saturated carbocycles. The molecule has 6 nitrogen and oxygen atoms in total. The fourth-order valence-corrected chi connectivity index (χ4v) is 6.31. The minimum absolute atomic E-state index is 0.161. The van der Waals surface area contributed by atoms with Crippen LogP contribution in [0.3, 0.4) is 0 Å². The second kappa shape index (κ2) is 15.2. The Labute approximate surface area is 249 Å². The Balaban J connectivity index is 1.51. The van der Waals surface area contributed by atoms with Crippen LogP contribution in [0.2, 0.25) is 0 Å². The molecule has 0 aliphatic carbocycles. The smallest absolute Gasteiger partial charge is 0.328 e. The predicted molar refractivity (Wildman–Crippen MR) is 169 cm³/mol. The lowest BCUT2D eigenvalue weighted by atomic mass is 9.83. The lowest BCUT2D eigenvalue weighted by molar-refractivity contribution is -0.135. The van der Waals surface area contributed by atoms with Gasteiger partial charge in [0.1, 0.15) is 23.1 Å². The Morgan fingerprint density at radius 2 is 1.63 bits per heavy atom. The van der Waals surface area contributed by atoms with Gasteiger partial charge in [0, 0.05) is 23.9 Å². The van der Waals surface area contributed by atoms with Crippen LogP contribution in [0.4, 0.5) is 0 Å². The highest BCUT2D eigenvalue weighted by Gasteiger charge is 2.35. The predicted octanol–water partition coefficient (Wildman–Crippen LogP) is 8.33. The maximum absolute atomic E-state index is 12.8. The first-order valence-electron chi connectivity index (χ1n) is 16.2. The number of nitrogens with one attached hydrogen (secondary N) is 1. The summed E-state index contributed by atoms with van der Waals surface area (Å²) in [4.78, 5) is 19.8. The molecule has 0 saturated heterocycles. The maximum atomic E-state index is 12.8. The number of hydrogen-bond donors (Lipinski definition) is 2. The molecule has 1 aliphatic heterocycles. The zero-order chi connectivity index (χ0) is 30.2. The Hall–Kier alpha value is -2.34. The first-order chi connectivity index (χ1) is 19.4. The highest BCUT2D eigenvalue weighted by atomic mass is 16.5. The molecule has 1 aromatic carbocycles. The van der Waals surface area contributed by atoms with Crippen molar-refractivity contribution in [1.29, 1.82) is 0 Å². The van der Waals surface area contributed by atoms with Crippen molar-refractivity contribution in [3.05, 3.63) is 40.5 Å². The van der Waals surface area contributed by atoms with Crippen molar-refractivity contribution in [2.45, 2.75) is 144 Å². The van der Waals surface area contributed by atoms with Crippen molar-refractivity contribution in [3.63, 3.8) is 0 Å². The van der Waals surface area contributed by atoms with Crippen molar-refractivity contribution >= 4 is 5.97 Å². The molecule has 0 fully saturated rings. The van der Waals surface area contributed by atoms with Crippen LogP contribution in [0.25, 0.3) is 0 Å². The van der Waals surface area contributed by atoms with E-state index in [0.717, 1.165) is 70.7 Å². The molecule has 230 valence electrons. The van der Waals surface area contributed by atoms with E-state index >= 15 is 0 Å². The topological polar surface area (TPSA) is 90.2 Å². The standard InChI is InChI=1S/C35H57N3O3/c1-23(2)12-9-13-24(3)14-10-15-25(4)16-11-18-35(8)19-17-30-28(7)32(26(5)27(6)33(30)41-35)40-34(39)31(36)20-29-21-37-22-38-29/h21-25,31H,9-20,36H2,1-8H3,(H,37,38)/t24-,25-,31?,35-/m1/s1. The van der Waals surface area contributed by atoms with Crippen molar-refractivity contribution in [3.8, 4) is 11.5 Å². The van der Waals surface area contributed by atoms with Gasteiger partial charge in [-0.2, -0.15) is 0 Å². The summed E-state index contributed by atoms with van der Waals surface area (Å²) in [6.07, 6.45) is 17.2. The van der Waals surface area contributed by atoms with E-state index in [9.17, 15) is 4.79 Å². The quantitative estimate of drug-likeness (QED) is 0.157. The van der Waals surface area contributed by atoms with Gasteiger partial charge in [0.25, 0.3) is 0 Å². The zero-order valence-electron chi connectivity index (χ0n) is 27.2. The summed E-state index contributed by atoms with van der Waals surface area (Å²) in [6.45, 7) is 17.9. The number of carbonyl (C=O) groups excluding carboxylic acids is 1. The number of hydrogen-bond acceptors (Lipinski definition) is 5. The molecule has 3 N–H and O–H groups in total. The summed E-state index contributed by atoms with van der Waals surface area (Å²) < 4.78 is 12.7. The van der Waals surface area contributed by atoms with Gasteiger partial charge in [-0.3, -0.25) is 0 Å². The molecule has 6 heteroatoms. The van der Waals surface area contributed by atoms with Crippen LogP contribution in [0, 0.1) is 38.5 Å². The number of H-pyrrole nitrogens is 1. The number of ether oxygens (including phenoxy) is 2.